The summed E-state index contributed by atoms with van der Waals surface area (Å²) in [5.74, 6) is 0. The number of allylic oxidation sites excluding steroid dienone is 1. The molecule has 1 unspecified atom stereocenters. The van der Waals surface area contributed by atoms with Gasteiger partial charge in [-0.3, -0.25) is 4.98 Å². The van der Waals surface area contributed by atoms with Crippen molar-refractivity contribution in [1.29, 1.82) is 0 Å². The van der Waals surface area contributed by atoms with Crippen LogP contribution in [0.4, 0.5) is 0 Å². The van der Waals surface area contributed by atoms with Crippen molar-refractivity contribution >= 4 is 45.1 Å². The van der Waals surface area contributed by atoms with E-state index >= 15 is 4.57 Å². The Morgan fingerprint density at radius 2 is 1.34 bits per heavy atom. The summed E-state index contributed by atoms with van der Waals surface area (Å²) in [4.78, 5) is 4.58. The van der Waals surface area contributed by atoms with Gasteiger partial charge in [-0.15, -0.1) is 0 Å². The Balaban J connectivity index is 1.65. The number of hydrogen-bond acceptors (Lipinski definition) is 2. The molecule has 2 heterocycles. The third-order valence-electron chi connectivity index (χ3n) is 7.72. The monoisotopic (exact) mass is 469 g/mol. The third kappa shape index (κ3) is 2.66. The molecular weight excluding hydrogens is 445 g/mol. The van der Waals surface area contributed by atoms with E-state index in [0.717, 1.165) is 37.9 Å². The predicted octanol–water partition coefficient (Wildman–Crippen LogP) is 6.44. The summed E-state index contributed by atoms with van der Waals surface area (Å²) in [6.45, 7) is 4.59. The van der Waals surface area contributed by atoms with Gasteiger partial charge in [-0.25, -0.2) is 0 Å². The molecule has 0 spiro atoms. The summed E-state index contributed by atoms with van der Waals surface area (Å²) in [7, 11) is -3.20. The summed E-state index contributed by atoms with van der Waals surface area (Å²) in [6.07, 6.45) is 1.80. The molecule has 35 heavy (non-hydrogen) atoms. The van der Waals surface area contributed by atoms with Crippen molar-refractivity contribution in [3.8, 4) is 0 Å². The van der Waals surface area contributed by atoms with Crippen LogP contribution in [0.25, 0.3) is 22.0 Å². The number of rotatable bonds is 1. The van der Waals surface area contributed by atoms with Gasteiger partial charge in [-0.05, 0) is 45.5 Å². The van der Waals surface area contributed by atoms with Crippen LogP contribution in [-0.2, 0) is 9.98 Å². The minimum atomic E-state index is -3.20. The minimum Gasteiger partial charge on any atom is -0.309 e. The zero-order valence-electron chi connectivity index (χ0n) is 19.7. The maximum atomic E-state index is 15.6. The first kappa shape index (κ1) is 20.6. The van der Waals surface area contributed by atoms with Gasteiger partial charge in [0.05, 0.1) is 5.52 Å². The van der Waals surface area contributed by atoms with Crippen LogP contribution in [0.15, 0.2) is 109 Å². The third-order valence-corrected chi connectivity index (χ3v) is 10.9. The Bertz CT molecular complexity index is 1760. The molecule has 1 aliphatic carbocycles. The zero-order valence-corrected chi connectivity index (χ0v) is 20.6. The van der Waals surface area contributed by atoms with Crippen LogP contribution < -0.4 is 15.9 Å². The summed E-state index contributed by atoms with van der Waals surface area (Å²) < 4.78 is 15.6. The summed E-state index contributed by atoms with van der Waals surface area (Å²) >= 11 is 0. The number of benzene rings is 4. The molecule has 7 rings (SSSR count). The second-order valence-corrected chi connectivity index (χ2v) is 12.6. The highest BCUT2D eigenvalue weighted by Gasteiger charge is 2.46. The lowest BCUT2D eigenvalue weighted by atomic mass is 9.78. The lowest BCUT2D eigenvalue weighted by Crippen LogP contribution is -2.29. The fourth-order valence-corrected chi connectivity index (χ4v) is 9.20. The molecule has 0 saturated heterocycles. The van der Waals surface area contributed by atoms with Crippen molar-refractivity contribution in [3.05, 3.63) is 132 Å². The molecule has 168 valence electrons. The molecule has 0 fully saturated rings. The molecule has 0 amide bonds. The van der Waals surface area contributed by atoms with Crippen molar-refractivity contribution in [1.82, 2.24) is 4.98 Å². The molecule has 5 aromatic rings. The highest BCUT2D eigenvalue weighted by Crippen LogP contribution is 2.58. The van der Waals surface area contributed by atoms with E-state index in [-0.39, 0.29) is 5.41 Å². The number of fused-ring (bicyclic) bond motifs is 7. The van der Waals surface area contributed by atoms with E-state index in [4.69, 9.17) is 0 Å². The minimum absolute atomic E-state index is 0.213. The number of aromatic nitrogens is 1. The van der Waals surface area contributed by atoms with Gasteiger partial charge in [0.1, 0.15) is 0 Å². The number of pyridine rings is 1. The fourth-order valence-electron chi connectivity index (χ4n) is 6.16. The SMILES string of the molecule is CC1(C)C2=C(c3ccccc31)c1ccccc1P(=O)(c1ccc3cccnc3c1)c1ccccc12. The maximum Gasteiger partial charge on any atom is 0.172 e. The Labute approximate surface area is 205 Å². The summed E-state index contributed by atoms with van der Waals surface area (Å²) in [6, 6.07) is 35.4. The Kier molecular flexibility index (Phi) is 4.20. The number of hydrogen-bond donors (Lipinski definition) is 0. The lowest BCUT2D eigenvalue weighted by Gasteiger charge is -2.28. The molecule has 1 aromatic heterocycles. The Hall–Kier alpha value is -3.74. The van der Waals surface area contributed by atoms with E-state index in [1.165, 1.54) is 22.3 Å². The van der Waals surface area contributed by atoms with Crippen LogP contribution in [0.5, 0.6) is 0 Å². The van der Waals surface area contributed by atoms with E-state index in [9.17, 15) is 0 Å². The van der Waals surface area contributed by atoms with Crippen LogP contribution in [0.3, 0.4) is 0 Å². The van der Waals surface area contributed by atoms with Crippen molar-refractivity contribution in [3.63, 3.8) is 0 Å². The van der Waals surface area contributed by atoms with Gasteiger partial charge in [0, 0.05) is 32.9 Å². The molecule has 0 saturated carbocycles. The lowest BCUT2D eigenvalue weighted by molar-refractivity contribution is 0.592. The molecule has 1 aliphatic heterocycles. The average Bonchev–Trinajstić information content (AvgIpc) is 3.08. The molecule has 2 aliphatic rings. The van der Waals surface area contributed by atoms with E-state index in [1.54, 1.807) is 6.20 Å². The van der Waals surface area contributed by atoms with Crippen LogP contribution >= 0.6 is 7.14 Å². The quantitative estimate of drug-likeness (QED) is 0.265. The molecule has 4 aromatic carbocycles. The molecule has 1 atom stereocenters. The average molecular weight is 470 g/mol. The fraction of sp³-hybridized carbons (Fsp3) is 0.0938. The Morgan fingerprint density at radius 1 is 0.686 bits per heavy atom. The summed E-state index contributed by atoms with van der Waals surface area (Å²) in [5, 5.41) is 3.69. The van der Waals surface area contributed by atoms with E-state index < -0.39 is 7.14 Å². The maximum absolute atomic E-state index is 15.6. The molecular formula is C32H24NOP. The standard InChI is InChI=1S/C32H24NOP/c1-32(2)26-14-6-3-11-23(26)30-24-12-4-7-15-28(24)35(34,29-16-8-5-13-25(29)31(30)32)22-18-17-21-10-9-19-33-27(21)20-22/h3-20H,1-2H3. The highest BCUT2D eigenvalue weighted by molar-refractivity contribution is 7.85. The molecule has 2 nitrogen and oxygen atoms in total. The van der Waals surface area contributed by atoms with Crippen molar-refractivity contribution in [2.24, 2.45) is 0 Å². The van der Waals surface area contributed by atoms with Gasteiger partial charge in [0.15, 0.2) is 7.14 Å². The van der Waals surface area contributed by atoms with Gasteiger partial charge >= 0.3 is 0 Å². The van der Waals surface area contributed by atoms with Crippen molar-refractivity contribution in [2.75, 3.05) is 0 Å². The number of nitrogens with zero attached hydrogens (tertiary/aromatic N) is 1. The van der Waals surface area contributed by atoms with Gasteiger partial charge in [0.2, 0.25) is 0 Å². The topological polar surface area (TPSA) is 30.0 Å². The van der Waals surface area contributed by atoms with Gasteiger partial charge in [-0.2, -0.15) is 0 Å². The second-order valence-electron chi connectivity index (χ2n) is 9.94. The largest absolute Gasteiger partial charge is 0.309 e. The first-order valence-electron chi connectivity index (χ1n) is 12.0. The smallest absolute Gasteiger partial charge is 0.172 e. The highest BCUT2D eigenvalue weighted by atomic mass is 31.2. The first-order valence-corrected chi connectivity index (χ1v) is 13.7. The van der Waals surface area contributed by atoms with Crippen LogP contribution in [0, 0.1) is 0 Å². The predicted molar refractivity (Wildman–Crippen MR) is 147 cm³/mol. The van der Waals surface area contributed by atoms with Crippen molar-refractivity contribution < 1.29 is 4.57 Å². The summed E-state index contributed by atoms with van der Waals surface area (Å²) in [5.41, 5.74) is 7.85. The molecule has 3 heteroatoms. The van der Waals surface area contributed by atoms with E-state index in [2.05, 4.69) is 79.5 Å². The molecule has 0 N–H and O–H groups in total. The second kappa shape index (κ2) is 7.13. The van der Waals surface area contributed by atoms with Gasteiger partial charge < -0.3 is 4.57 Å². The van der Waals surface area contributed by atoms with E-state index in [1.807, 2.05) is 42.5 Å². The van der Waals surface area contributed by atoms with Crippen molar-refractivity contribution in [2.45, 2.75) is 19.3 Å². The van der Waals surface area contributed by atoms with E-state index in [0.29, 0.717) is 0 Å². The van der Waals surface area contributed by atoms with Crippen LogP contribution in [0.1, 0.15) is 36.1 Å². The normalized spacial score (nSPS) is 19.5. The van der Waals surface area contributed by atoms with Crippen LogP contribution in [0.2, 0.25) is 0 Å². The zero-order chi connectivity index (χ0) is 23.8. The molecule has 0 bridgehead atoms. The first-order chi connectivity index (χ1) is 17.0. The Morgan fingerprint density at radius 3 is 2.14 bits per heavy atom. The van der Waals surface area contributed by atoms with Gasteiger partial charge in [0.25, 0.3) is 0 Å². The van der Waals surface area contributed by atoms with Crippen LogP contribution in [-0.4, -0.2) is 4.98 Å². The molecule has 0 radical (unpaired) electrons. The van der Waals surface area contributed by atoms with Gasteiger partial charge in [-0.1, -0.05) is 105 Å².